The quantitative estimate of drug-likeness (QED) is 0.761. The normalized spacial score (nSPS) is 14.9. The predicted octanol–water partition coefficient (Wildman–Crippen LogP) is 4.24. The summed E-state index contributed by atoms with van der Waals surface area (Å²) in [4.78, 5) is 7.57. The molecule has 1 aliphatic rings. The van der Waals surface area contributed by atoms with Gasteiger partial charge in [0.2, 0.25) is 0 Å². The molecule has 3 nitrogen and oxygen atoms in total. The van der Waals surface area contributed by atoms with Crippen molar-refractivity contribution >= 4 is 16.7 Å². The van der Waals surface area contributed by atoms with Gasteiger partial charge < -0.3 is 10.2 Å². The van der Waals surface area contributed by atoms with Crippen LogP contribution < -0.4 is 10.2 Å². The molecule has 0 aliphatic carbocycles. The summed E-state index contributed by atoms with van der Waals surface area (Å²) >= 11 is 0. The van der Waals surface area contributed by atoms with E-state index in [2.05, 4.69) is 73.5 Å². The minimum Gasteiger partial charge on any atom is -0.354 e. The molecule has 0 amide bonds. The Labute approximate surface area is 149 Å². The average molecular weight is 331 g/mol. The standard InChI is InChI=1S/C22H25N3/c1-15-9-10-19-20(16(15)2)17(3)21(18-7-5-4-6-8-18)22(24-19)25-13-11-23-12-14-25/h4-10,23H,11-14H2,1-3H3. The monoisotopic (exact) mass is 331 g/mol. The zero-order valence-electron chi connectivity index (χ0n) is 15.3. The molecule has 2 aromatic carbocycles. The number of pyridine rings is 1. The van der Waals surface area contributed by atoms with Crippen molar-refractivity contribution in [3.05, 3.63) is 59.2 Å². The van der Waals surface area contributed by atoms with Crippen LogP contribution in [0.5, 0.6) is 0 Å². The average Bonchev–Trinajstić information content (AvgIpc) is 2.66. The first-order valence-corrected chi connectivity index (χ1v) is 9.08. The van der Waals surface area contributed by atoms with Crippen LogP contribution in [-0.2, 0) is 0 Å². The molecule has 1 fully saturated rings. The van der Waals surface area contributed by atoms with Crippen molar-refractivity contribution in [1.82, 2.24) is 10.3 Å². The van der Waals surface area contributed by atoms with Gasteiger partial charge in [-0.25, -0.2) is 4.98 Å². The number of piperazine rings is 1. The van der Waals surface area contributed by atoms with E-state index in [9.17, 15) is 0 Å². The Morgan fingerprint density at radius 1 is 0.880 bits per heavy atom. The van der Waals surface area contributed by atoms with Gasteiger partial charge in [-0.15, -0.1) is 0 Å². The Kier molecular flexibility index (Phi) is 4.18. The molecular weight excluding hydrogens is 306 g/mol. The summed E-state index contributed by atoms with van der Waals surface area (Å²) in [6.45, 7) is 10.7. The number of aromatic nitrogens is 1. The van der Waals surface area contributed by atoms with Crippen LogP contribution in [0.3, 0.4) is 0 Å². The van der Waals surface area contributed by atoms with Crippen LogP contribution in [0.25, 0.3) is 22.0 Å². The Bertz CT molecular complexity index is 910. The van der Waals surface area contributed by atoms with Gasteiger partial charge >= 0.3 is 0 Å². The third-order valence-electron chi connectivity index (χ3n) is 5.39. The molecular formula is C22H25N3. The maximum absolute atomic E-state index is 5.14. The van der Waals surface area contributed by atoms with E-state index >= 15 is 0 Å². The Balaban J connectivity index is 2.03. The van der Waals surface area contributed by atoms with Gasteiger partial charge in [0.25, 0.3) is 0 Å². The van der Waals surface area contributed by atoms with Gasteiger partial charge in [0.05, 0.1) is 5.52 Å². The SMILES string of the molecule is Cc1ccc2nc(N3CCNCC3)c(-c3ccccc3)c(C)c2c1C. The molecule has 3 heteroatoms. The van der Waals surface area contributed by atoms with E-state index in [4.69, 9.17) is 4.98 Å². The van der Waals surface area contributed by atoms with Gasteiger partial charge in [-0.2, -0.15) is 0 Å². The highest BCUT2D eigenvalue weighted by molar-refractivity contribution is 5.96. The van der Waals surface area contributed by atoms with Gasteiger partial charge in [0, 0.05) is 37.1 Å². The van der Waals surface area contributed by atoms with Crippen LogP contribution in [0, 0.1) is 20.8 Å². The van der Waals surface area contributed by atoms with Crippen LogP contribution in [0.15, 0.2) is 42.5 Å². The summed E-state index contributed by atoms with van der Waals surface area (Å²) in [5.41, 5.74) is 7.64. The first-order chi connectivity index (χ1) is 12.2. The Hall–Kier alpha value is -2.39. The molecule has 4 rings (SSSR count). The highest BCUT2D eigenvalue weighted by Crippen LogP contribution is 2.38. The fraction of sp³-hybridized carbons (Fsp3) is 0.318. The number of fused-ring (bicyclic) bond motifs is 1. The number of aryl methyl sites for hydroxylation is 3. The zero-order chi connectivity index (χ0) is 17.4. The summed E-state index contributed by atoms with van der Waals surface area (Å²) in [7, 11) is 0. The molecule has 2 heterocycles. The molecule has 0 saturated carbocycles. The fourth-order valence-corrected chi connectivity index (χ4v) is 3.89. The summed E-state index contributed by atoms with van der Waals surface area (Å²) in [5.74, 6) is 1.13. The van der Waals surface area contributed by atoms with Gasteiger partial charge in [-0.1, -0.05) is 36.4 Å². The van der Waals surface area contributed by atoms with Crippen molar-refractivity contribution in [2.24, 2.45) is 0 Å². The molecule has 0 atom stereocenters. The van der Waals surface area contributed by atoms with Crippen molar-refractivity contribution in [3.8, 4) is 11.1 Å². The number of anilines is 1. The van der Waals surface area contributed by atoms with E-state index in [0.717, 1.165) is 37.5 Å². The van der Waals surface area contributed by atoms with Crippen molar-refractivity contribution < 1.29 is 0 Å². The van der Waals surface area contributed by atoms with E-state index in [1.165, 1.54) is 33.2 Å². The zero-order valence-corrected chi connectivity index (χ0v) is 15.3. The van der Waals surface area contributed by atoms with E-state index in [1.807, 2.05) is 0 Å². The van der Waals surface area contributed by atoms with Crippen molar-refractivity contribution in [3.63, 3.8) is 0 Å². The lowest BCUT2D eigenvalue weighted by Crippen LogP contribution is -2.44. The van der Waals surface area contributed by atoms with Gasteiger partial charge in [0.15, 0.2) is 0 Å². The molecule has 0 spiro atoms. The second-order valence-corrected chi connectivity index (χ2v) is 6.94. The van der Waals surface area contributed by atoms with E-state index < -0.39 is 0 Å². The van der Waals surface area contributed by atoms with Crippen LogP contribution in [-0.4, -0.2) is 31.2 Å². The fourth-order valence-electron chi connectivity index (χ4n) is 3.89. The molecule has 1 aliphatic heterocycles. The molecule has 1 aromatic heterocycles. The van der Waals surface area contributed by atoms with Crippen LogP contribution >= 0.6 is 0 Å². The highest BCUT2D eigenvalue weighted by Gasteiger charge is 2.21. The highest BCUT2D eigenvalue weighted by atomic mass is 15.2. The first kappa shape index (κ1) is 16.1. The minimum absolute atomic E-state index is 1.00. The van der Waals surface area contributed by atoms with E-state index in [0.29, 0.717) is 0 Å². The van der Waals surface area contributed by atoms with Crippen LogP contribution in [0.4, 0.5) is 5.82 Å². The second kappa shape index (κ2) is 6.49. The lowest BCUT2D eigenvalue weighted by atomic mass is 9.93. The maximum Gasteiger partial charge on any atom is 0.137 e. The van der Waals surface area contributed by atoms with Gasteiger partial charge in [0.1, 0.15) is 5.82 Å². The molecule has 0 bridgehead atoms. The summed E-state index contributed by atoms with van der Waals surface area (Å²) in [6.07, 6.45) is 0. The molecule has 1 N–H and O–H groups in total. The number of benzene rings is 2. The third kappa shape index (κ3) is 2.79. The molecule has 128 valence electrons. The van der Waals surface area contributed by atoms with Crippen molar-refractivity contribution in [2.75, 3.05) is 31.1 Å². The van der Waals surface area contributed by atoms with Crippen molar-refractivity contribution in [2.45, 2.75) is 20.8 Å². The van der Waals surface area contributed by atoms with Crippen molar-refractivity contribution in [1.29, 1.82) is 0 Å². The maximum atomic E-state index is 5.14. The first-order valence-electron chi connectivity index (χ1n) is 9.08. The number of hydrogen-bond donors (Lipinski definition) is 1. The largest absolute Gasteiger partial charge is 0.354 e. The van der Waals surface area contributed by atoms with Gasteiger partial charge in [-0.3, -0.25) is 0 Å². The van der Waals surface area contributed by atoms with E-state index in [1.54, 1.807) is 0 Å². The lowest BCUT2D eigenvalue weighted by Gasteiger charge is -2.31. The molecule has 3 aromatic rings. The summed E-state index contributed by atoms with van der Waals surface area (Å²) in [6, 6.07) is 15.1. The number of nitrogens with zero attached hydrogens (tertiary/aromatic N) is 2. The number of hydrogen-bond acceptors (Lipinski definition) is 3. The topological polar surface area (TPSA) is 28.2 Å². The lowest BCUT2D eigenvalue weighted by molar-refractivity contribution is 0.586. The summed E-state index contributed by atoms with van der Waals surface area (Å²) in [5, 5.41) is 4.75. The third-order valence-corrected chi connectivity index (χ3v) is 5.39. The van der Waals surface area contributed by atoms with Crippen LogP contribution in [0.2, 0.25) is 0 Å². The van der Waals surface area contributed by atoms with Gasteiger partial charge in [-0.05, 0) is 49.1 Å². The molecule has 0 radical (unpaired) electrons. The smallest absolute Gasteiger partial charge is 0.137 e. The molecule has 0 unspecified atom stereocenters. The Morgan fingerprint density at radius 3 is 2.32 bits per heavy atom. The number of nitrogens with one attached hydrogen (secondary N) is 1. The summed E-state index contributed by atoms with van der Waals surface area (Å²) < 4.78 is 0. The molecule has 25 heavy (non-hydrogen) atoms. The minimum atomic E-state index is 1.00. The number of rotatable bonds is 2. The Morgan fingerprint density at radius 2 is 1.60 bits per heavy atom. The predicted molar refractivity (Wildman–Crippen MR) is 106 cm³/mol. The molecule has 1 saturated heterocycles. The second-order valence-electron chi connectivity index (χ2n) is 6.94. The van der Waals surface area contributed by atoms with Crippen LogP contribution in [0.1, 0.15) is 16.7 Å². The van der Waals surface area contributed by atoms with E-state index in [-0.39, 0.29) is 0 Å².